The molecule has 2 aromatic heterocycles. The fourth-order valence-corrected chi connectivity index (χ4v) is 2.89. The van der Waals surface area contributed by atoms with Crippen molar-refractivity contribution in [2.24, 2.45) is 0 Å². The van der Waals surface area contributed by atoms with E-state index in [1.807, 2.05) is 0 Å². The third kappa shape index (κ3) is 4.05. The molecule has 0 bridgehead atoms. The predicted molar refractivity (Wildman–Crippen MR) is 93.7 cm³/mol. The molecule has 1 amide bonds. The summed E-state index contributed by atoms with van der Waals surface area (Å²) in [6, 6.07) is 7.00. The van der Waals surface area contributed by atoms with Crippen molar-refractivity contribution in [2.75, 3.05) is 5.32 Å². The average Bonchev–Trinajstić information content (AvgIpc) is 2.90. The van der Waals surface area contributed by atoms with Crippen LogP contribution in [0.4, 0.5) is 23.2 Å². The van der Waals surface area contributed by atoms with Gasteiger partial charge < -0.3 is 10.1 Å². The Morgan fingerprint density at radius 1 is 1.21 bits per heavy atom. The Morgan fingerprint density at radius 3 is 2.61 bits per heavy atom. The number of nitrogens with one attached hydrogen (secondary N) is 1. The number of hydrogen-bond donors (Lipinski definition) is 1. The molecule has 1 N–H and O–H groups in total. The number of alkyl halides is 4. The summed E-state index contributed by atoms with van der Waals surface area (Å²) >= 11 is 0. The number of para-hydroxylation sites is 2. The quantitative estimate of drug-likeness (QED) is 0.634. The monoisotopic (exact) mass is 396 g/mol. The Labute approximate surface area is 157 Å². The number of halogens is 4. The number of carbonyl (C=O) groups is 1. The lowest BCUT2D eigenvalue weighted by Crippen LogP contribution is -2.20. The molecule has 10 heteroatoms. The van der Waals surface area contributed by atoms with Crippen molar-refractivity contribution in [1.82, 2.24) is 14.8 Å². The Hall–Kier alpha value is -3.17. The summed E-state index contributed by atoms with van der Waals surface area (Å²) in [5.74, 6) is -0.794. The van der Waals surface area contributed by atoms with Crippen LogP contribution < -0.4 is 10.1 Å². The number of rotatable bonds is 6. The van der Waals surface area contributed by atoms with Gasteiger partial charge in [-0.2, -0.15) is 13.9 Å². The Bertz CT molecular complexity index is 1020. The van der Waals surface area contributed by atoms with Crippen LogP contribution in [-0.2, 0) is 11.3 Å². The zero-order valence-corrected chi connectivity index (χ0v) is 14.9. The van der Waals surface area contributed by atoms with Crippen LogP contribution in [0, 0.1) is 13.8 Å². The highest BCUT2D eigenvalue weighted by molar-refractivity contribution is 5.93. The lowest BCUT2D eigenvalue weighted by atomic mass is 10.1. The molecule has 0 unspecified atom stereocenters. The SMILES string of the molecule is Cc1cc(C(F)F)c2c(C)nn(CC(=O)Nc3ccccc3OC(F)F)c2n1. The molecule has 0 saturated heterocycles. The van der Waals surface area contributed by atoms with E-state index < -0.39 is 18.9 Å². The molecule has 0 atom stereocenters. The molecule has 0 fully saturated rings. The Balaban J connectivity index is 1.89. The molecule has 0 aliphatic carbocycles. The van der Waals surface area contributed by atoms with Gasteiger partial charge in [0.25, 0.3) is 6.43 Å². The van der Waals surface area contributed by atoms with Crippen molar-refractivity contribution in [3.8, 4) is 5.75 Å². The number of aryl methyl sites for hydroxylation is 2. The van der Waals surface area contributed by atoms with E-state index in [4.69, 9.17) is 0 Å². The molecule has 0 radical (unpaired) electrons. The van der Waals surface area contributed by atoms with Gasteiger partial charge in [0, 0.05) is 11.3 Å². The number of anilines is 1. The summed E-state index contributed by atoms with van der Waals surface area (Å²) in [6.45, 7) is -0.274. The molecule has 0 aliphatic heterocycles. The number of nitrogens with zero attached hydrogens (tertiary/aromatic N) is 3. The van der Waals surface area contributed by atoms with Gasteiger partial charge >= 0.3 is 6.61 Å². The van der Waals surface area contributed by atoms with E-state index in [9.17, 15) is 22.4 Å². The highest BCUT2D eigenvalue weighted by Gasteiger charge is 2.21. The number of fused-ring (bicyclic) bond motifs is 1. The van der Waals surface area contributed by atoms with Gasteiger partial charge in [0.1, 0.15) is 12.3 Å². The van der Waals surface area contributed by atoms with Gasteiger partial charge in [0.2, 0.25) is 5.91 Å². The second kappa shape index (κ2) is 7.83. The van der Waals surface area contributed by atoms with Crippen LogP contribution in [0.3, 0.4) is 0 Å². The second-order valence-electron chi connectivity index (χ2n) is 6.02. The van der Waals surface area contributed by atoms with E-state index in [1.54, 1.807) is 19.9 Å². The molecule has 28 heavy (non-hydrogen) atoms. The van der Waals surface area contributed by atoms with E-state index in [0.717, 1.165) is 0 Å². The first-order valence-corrected chi connectivity index (χ1v) is 8.22. The first kappa shape index (κ1) is 19.6. The van der Waals surface area contributed by atoms with Crippen LogP contribution in [0.25, 0.3) is 11.0 Å². The van der Waals surface area contributed by atoms with Crippen molar-refractivity contribution < 1.29 is 27.1 Å². The van der Waals surface area contributed by atoms with Gasteiger partial charge in [-0.05, 0) is 32.0 Å². The number of hydrogen-bond acceptors (Lipinski definition) is 4. The number of ether oxygens (including phenoxy) is 1. The molecule has 6 nitrogen and oxygen atoms in total. The summed E-state index contributed by atoms with van der Waals surface area (Å²) in [4.78, 5) is 16.6. The largest absolute Gasteiger partial charge is 0.433 e. The van der Waals surface area contributed by atoms with E-state index >= 15 is 0 Å². The second-order valence-corrected chi connectivity index (χ2v) is 6.02. The van der Waals surface area contributed by atoms with E-state index in [-0.39, 0.29) is 34.6 Å². The lowest BCUT2D eigenvalue weighted by molar-refractivity contribution is -0.116. The van der Waals surface area contributed by atoms with Crippen molar-refractivity contribution in [3.05, 3.63) is 47.3 Å². The number of amides is 1. The fraction of sp³-hybridized carbons (Fsp3) is 0.278. The van der Waals surface area contributed by atoms with Crippen LogP contribution in [0.2, 0.25) is 0 Å². The summed E-state index contributed by atoms with van der Waals surface area (Å²) in [7, 11) is 0. The smallest absolute Gasteiger partial charge is 0.387 e. The molecule has 3 aromatic rings. The highest BCUT2D eigenvalue weighted by atomic mass is 19.3. The summed E-state index contributed by atoms with van der Waals surface area (Å²) in [6.07, 6.45) is -2.72. The van der Waals surface area contributed by atoms with E-state index in [2.05, 4.69) is 20.1 Å². The van der Waals surface area contributed by atoms with Gasteiger partial charge in [0.05, 0.1) is 16.8 Å². The molecule has 148 valence electrons. The third-order valence-corrected chi connectivity index (χ3v) is 3.94. The third-order valence-electron chi connectivity index (χ3n) is 3.94. The van der Waals surface area contributed by atoms with Gasteiger partial charge in [0.15, 0.2) is 5.65 Å². The minimum absolute atomic E-state index is 0.0541. The molecule has 3 rings (SSSR count). The van der Waals surface area contributed by atoms with Crippen molar-refractivity contribution in [3.63, 3.8) is 0 Å². The molecule has 0 aliphatic rings. The minimum Gasteiger partial charge on any atom is -0.433 e. The van der Waals surface area contributed by atoms with Crippen LogP contribution >= 0.6 is 0 Å². The van der Waals surface area contributed by atoms with E-state index in [1.165, 1.54) is 28.9 Å². The maximum atomic E-state index is 13.3. The van der Waals surface area contributed by atoms with Crippen molar-refractivity contribution in [1.29, 1.82) is 0 Å². The average molecular weight is 396 g/mol. The number of benzene rings is 1. The summed E-state index contributed by atoms with van der Waals surface area (Å²) < 4.78 is 57.2. The number of carbonyl (C=O) groups excluding carboxylic acids is 1. The fourth-order valence-electron chi connectivity index (χ4n) is 2.89. The van der Waals surface area contributed by atoms with E-state index in [0.29, 0.717) is 11.4 Å². The Kier molecular flexibility index (Phi) is 5.48. The highest BCUT2D eigenvalue weighted by Crippen LogP contribution is 2.30. The molecule has 1 aromatic carbocycles. The van der Waals surface area contributed by atoms with Crippen LogP contribution in [-0.4, -0.2) is 27.3 Å². The first-order valence-electron chi connectivity index (χ1n) is 8.22. The first-order chi connectivity index (χ1) is 13.3. The molecule has 0 saturated carbocycles. The maximum absolute atomic E-state index is 13.3. The molecule has 0 spiro atoms. The minimum atomic E-state index is -3.05. The maximum Gasteiger partial charge on any atom is 0.387 e. The molecular formula is C18H16F4N4O2. The van der Waals surface area contributed by atoms with Gasteiger partial charge in [-0.15, -0.1) is 0 Å². The predicted octanol–water partition coefficient (Wildman–Crippen LogP) is 4.23. The van der Waals surface area contributed by atoms with Gasteiger partial charge in [-0.3, -0.25) is 4.79 Å². The zero-order chi connectivity index (χ0) is 20.4. The number of pyridine rings is 1. The van der Waals surface area contributed by atoms with Crippen molar-refractivity contribution in [2.45, 2.75) is 33.4 Å². The summed E-state index contributed by atoms with van der Waals surface area (Å²) in [5.41, 5.74) is 0.674. The Morgan fingerprint density at radius 2 is 1.93 bits per heavy atom. The zero-order valence-electron chi connectivity index (χ0n) is 14.9. The van der Waals surface area contributed by atoms with Crippen LogP contribution in [0.15, 0.2) is 30.3 Å². The standard InChI is InChI=1S/C18H16F4N4O2/c1-9-7-11(16(19)20)15-10(2)25-26(17(15)23-9)8-14(27)24-12-5-3-4-6-13(12)28-18(21)22/h3-7,16,18H,8H2,1-2H3,(H,24,27). The van der Waals surface area contributed by atoms with Crippen LogP contribution in [0.1, 0.15) is 23.4 Å². The topological polar surface area (TPSA) is 69.0 Å². The lowest BCUT2D eigenvalue weighted by Gasteiger charge is -2.12. The van der Waals surface area contributed by atoms with Crippen molar-refractivity contribution >= 4 is 22.6 Å². The molecule has 2 heterocycles. The summed E-state index contributed by atoms with van der Waals surface area (Å²) in [5, 5.41) is 6.78. The number of aromatic nitrogens is 3. The normalized spacial score (nSPS) is 11.4. The molecular weight excluding hydrogens is 380 g/mol. The van der Waals surface area contributed by atoms with Crippen LogP contribution in [0.5, 0.6) is 5.75 Å². The van der Waals surface area contributed by atoms with Gasteiger partial charge in [-0.1, -0.05) is 12.1 Å². The van der Waals surface area contributed by atoms with Gasteiger partial charge in [-0.25, -0.2) is 18.4 Å².